The van der Waals surface area contributed by atoms with Gasteiger partial charge in [0.05, 0.1) is 19.3 Å². The summed E-state index contributed by atoms with van der Waals surface area (Å²) < 4.78 is 11.3. The fourth-order valence-corrected chi connectivity index (χ4v) is 3.05. The van der Waals surface area contributed by atoms with Gasteiger partial charge in [-0.15, -0.1) is 0 Å². The number of aliphatic hydroxyl groups excluding tert-OH is 3. The van der Waals surface area contributed by atoms with Gasteiger partial charge >= 0.3 is 0 Å². The molecule has 1 fully saturated rings. The average Bonchev–Trinajstić information content (AvgIpc) is 2.64. The van der Waals surface area contributed by atoms with Crippen molar-refractivity contribution < 1.29 is 24.8 Å². The normalized spacial score (nSPS) is 27.8. The van der Waals surface area contributed by atoms with Gasteiger partial charge in [0.15, 0.2) is 0 Å². The van der Waals surface area contributed by atoms with Crippen LogP contribution in [-0.4, -0.2) is 52.4 Å². The van der Waals surface area contributed by atoms with Crippen LogP contribution >= 0.6 is 0 Å². The van der Waals surface area contributed by atoms with Crippen LogP contribution in [-0.2, 0) is 22.5 Å². The zero-order valence-electron chi connectivity index (χ0n) is 13.9. The fourth-order valence-electron chi connectivity index (χ4n) is 3.05. The van der Waals surface area contributed by atoms with Gasteiger partial charge in [0.1, 0.15) is 24.4 Å². The molecule has 5 atom stereocenters. The lowest BCUT2D eigenvalue weighted by Gasteiger charge is -2.39. The first-order chi connectivity index (χ1) is 12.1. The first-order valence-electron chi connectivity index (χ1n) is 8.50. The van der Waals surface area contributed by atoms with Crippen molar-refractivity contribution in [3.05, 3.63) is 71.8 Å². The van der Waals surface area contributed by atoms with E-state index in [2.05, 4.69) is 0 Å². The summed E-state index contributed by atoms with van der Waals surface area (Å²) in [4.78, 5) is 0. The van der Waals surface area contributed by atoms with Crippen molar-refractivity contribution in [1.82, 2.24) is 0 Å². The van der Waals surface area contributed by atoms with E-state index in [1.54, 1.807) is 0 Å². The van der Waals surface area contributed by atoms with Gasteiger partial charge in [-0.2, -0.15) is 0 Å². The molecule has 0 spiro atoms. The van der Waals surface area contributed by atoms with Gasteiger partial charge in [0, 0.05) is 6.42 Å². The Labute approximate surface area is 147 Å². The third kappa shape index (κ3) is 4.66. The van der Waals surface area contributed by atoms with E-state index in [-0.39, 0.29) is 6.61 Å². The Hall–Kier alpha value is -1.76. The topological polar surface area (TPSA) is 79.2 Å². The van der Waals surface area contributed by atoms with Gasteiger partial charge in [0.25, 0.3) is 0 Å². The molecule has 3 rings (SSSR count). The Morgan fingerprint density at radius 1 is 0.920 bits per heavy atom. The highest BCUT2D eigenvalue weighted by atomic mass is 16.6. The predicted octanol–water partition coefficient (Wildman–Crippen LogP) is 1.30. The average molecular weight is 344 g/mol. The molecular weight excluding hydrogens is 320 g/mol. The summed E-state index contributed by atoms with van der Waals surface area (Å²) in [6.07, 6.45) is -4.32. The Morgan fingerprint density at radius 3 is 2.16 bits per heavy atom. The van der Waals surface area contributed by atoms with Gasteiger partial charge in [-0.25, -0.2) is 0 Å². The number of rotatable bonds is 6. The summed E-state index contributed by atoms with van der Waals surface area (Å²) in [6, 6.07) is 19.1. The van der Waals surface area contributed by atoms with E-state index < -0.39 is 30.5 Å². The van der Waals surface area contributed by atoms with Crippen molar-refractivity contribution in [2.24, 2.45) is 0 Å². The summed E-state index contributed by atoms with van der Waals surface area (Å²) in [5, 5.41) is 31.0. The van der Waals surface area contributed by atoms with Gasteiger partial charge in [-0.1, -0.05) is 60.7 Å². The highest BCUT2D eigenvalue weighted by molar-refractivity contribution is 5.16. The quantitative estimate of drug-likeness (QED) is 0.736. The predicted molar refractivity (Wildman–Crippen MR) is 92.9 cm³/mol. The van der Waals surface area contributed by atoms with Crippen LogP contribution in [0.1, 0.15) is 11.1 Å². The van der Waals surface area contributed by atoms with Gasteiger partial charge in [-0.3, -0.25) is 0 Å². The maximum Gasteiger partial charge on any atom is 0.112 e. The van der Waals surface area contributed by atoms with E-state index in [4.69, 9.17) is 9.47 Å². The van der Waals surface area contributed by atoms with Crippen LogP contribution in [0.25, 0.3) is 0 Å². The zero-order chi connectivity index (χ0) is 17.6. The third-order valence-corrected chi connectivity index (χ3v) is 4.49. The minimum Gasteiger partial charge on any atom is -0.390 e. The van der Waals surface area contributed by atoms with E-state index >= 15 is 0 Å². The molecule has 5 heteroatoms. The summed E-state index contributed by atoms with van der Waals surface area (Å²) in [5.74, 6) is 0. The molecular formula is C20H24O5. The Balaban J connectivity index is 1.54. The van der Waals surface area contributed by atoms with E-state index in [0.29, 0.717) is 13.0 Å². The number of ether oxygens (including phenoxy) is 2. The van der Waals surface area contributed by atoms with Crippen LogP contribution in [0.5, 0.6) is 0 Å². The molecule has 0 radical (unpaired) electrons. The molecule has 2 aromatic carbocycles. The first kappa shape index (κ1) is 18.0. The molecule has 0 saturated carbocycles. The maximum atomic E-state index is 10.4. The van der Waals surface area contributed by atoms with E-state index in [0.717, 1.165) is 11.1 Å². The lowest BCUT2D eigenvalue weighted by Crippen LogP contribution is -2.57. The maximum absolute atomic E-state index is 10.4. The lowest BCUT2D eigenvalue weighted by atomic mass is 9.93. The fraction of sp³-hybridized carbons (Fsp3) is 0.400. The standard InChI is InChI=1S/C20H24O5/c21-16(11-14-7-3-1-4-8-14)20-19(23)18(22)17(13-25-20)24-12-15-9-5-2-6-10-15/h1-10,16-23H,11-13H2/t16?,17-,18-,19+,20-/m1/s1. The minimum absolute atomic E-state index is 0.127. The number of hydrogen-bond donors (Lipinski definition) is 3. The van der Waals surface area contributed by atoms with Crippen molar-refractivity contribution in [3.8, 4) is 0 Å². The number of aliphatic hydroxyl groups is 3. The van der Waals surface area contributed by atoms with E-state index in [1.165, 1.54) is 0 Å². The van der Waals surface area contributed by atoms with Crippen LogP contribution in [0.2, 0.25) is 0 Å². The molecule has 25 heavy (non-hydrogen) atoms. The molecule has 1 unspecified atom stereocenters. The molecule has 0 aliphatic carbocycles. The van der Waals surface area contributed by atoms with Crippen molar-refractivity contribution in [2.75, 3.05) is 6.61 Å². The van der Waals surface area contributed by atoms with Crippen LogP contribution in [0, 0.1) is 0 Å². The number of benzene rings is 2. The highest BCUT2D eigenvalue weighted by Gasteiger charge is 2.42. The van der Waals surface area contributed by atoms with Crippen molar-refractivity contribution in [3.63, 3.8) is 0 Å². The highest BCUT2D eigenvalue weighted by Crippen LogP contribution is 2.23. The Morgan fingerprint density at radius 2 is 1.52 bits per heavy atom. The molecule has 1 aliphatic rings. The minimum atomic E-state index is -1.20. The molecule has 134 valence electrons. The summed E-state index contributed by atoms with van der Waals surface area (Å²) in [6.45, 7) is 0.456. The molecule has 5 nitrogen and oxygen atoms in total. The van der Waals surface area contributed by atoms with Gasteiger partial charge in [0.2, 0.25) is 0 Å². The van der Waals surface area contributed by atoms with Crippen molar-refractivity contribution >= 4 is 0 Å². The van der Waals surface area contributed by atoms with Crippen LogP contribution in [0.15, 0.2) is 60.7 Å². The molecule has 2 aromatic rings. The first-order valence-corrected chi connectivity index (χ1v) is 8.50. The molecule has 0 bridgehead atoms. The van der Waals surface area contributed by atoms with Gasteiger partial charge < -0.3 is 24.8 Å². The summed E-state index contributed by atoms with van der Waals surface area (Å²) in [7, 11) is 0. The molecule has 3 N–H and O–H groups in total. The number of hydrogen-bond acceptors (Lipinski definition) is 5. The monoisotopic (exact) mass is 344 g/mol. The van der Waals surface area contributed by atoms with E-state index in [9.17, 15) is 15.3 Å². The Bertz CT molecular complexity index is 633. The second kappa shape index (κ2) is 8.56. The largest absolute Gasteiger partial charge is 0.390 e. The van der Waals surface area contributed by atoms with Crippen molar-refractivity contribution in [2.45, 2.75) is 43.5 Å². The second-order valence-electron chi connectivity index (χ2n) is 6.37. The zero-order valence-corrected chi connectivity index (χ0v) is 13.9. The SMILES string of the molecule is OC(Cc1ccccc1)[C@H]1OC[C@@H](OCc2ccccc2)[C@@H](O)[C@@H]1O. The summed E-state index contributed by atoms with van der Waals surface area (Å²) >= 11 is 0. The summed E-state index contributed by atoms with van der Waals surface area (Å²) in [5.41, 5.74) is 1.93. The smallest absolute Gasteiger partial charge is 0.112 e. The lowest BCUT2D eigenvalue weighted by molar-refractivity contribution is -0.224. The van der Waals surface area contributed by atoms with Crippen molar-refractivity contribution in [1.29, 1.82) is 0 Å². The van der Waals surface area contributed by atoms with Gasteiger partial charge in [-0.05, 0) is 11.1 Å². The molecule has 1 heterocycles. The molecule has 0 aromatic heterocycles. The molecule has 0 amide bonds. The third-order valence-electron chi connectivity index (χ3n) is 4.49. The Kier molecular flexibility index (Phi) is 6.18. The van der Waals surface area contributed by atoms with Crippen LogP contribution in [0.4, 0.5) is 0 Å². The van der Waals surface area contributed by atoms with Crippen LogP contribution in [0.3, 0.4) is 0 Å². The molecule has 1 saturated heterocycles. The second-order valence-corrected chi connectivity index (χ2v) is 6.37. The molecule has 1 aliphatic heterocycles. The van der Waals surface area contributed by atoms with Crippen LogP contribution < -0.4 is 0 Å². The van der Waals surface area contributed by atoms with E-state index in [1.807, 2.05) is 60.7 Å².